The number of nitrogens with one attached hydrogen (secondary N) is 1. The summed E-state index contributed by atoms with van der Waals surface area (Å²) in [5, 5.41) is 0. The van der Waals surface area contributed by atoms with Crippen LogP contribution in [0.3, 0.4) is 0 Å². The number of guanidine groups is 1. The molecule has 100 valence electrons. The summed E-state index contributed by atoms with van der Waals surface area (Å²) in [5.41, 5.74) is 2.73. The van der Waals surface area contributed by atoms with Gasteiger partial charge in [0.1, 0.15) is 0 Å². The number of nitrogens with zero attached hydrogens (tertiary/aromatic N) is 2. The second-order valence-corrected chi connectivity index (χ2v) is 5.09. The lowest BCUT2D eigenvalue weighted by Crippen LogP contribution is -2.45. The smallest absolute Gasteiger partial charge is 0.208 e. The van der Waals surface area contributed by atoms with Gasteiger partial charge in [-0.25, -0.2) is 5.84 Å². The fraction of sp³-hybridized carbons (Fsp3) is 0.923. The van der Waals surface area contributed by atoms with Crippen molar-refractivity contribution in [3.8, 4) is 0 Å². The Morgan fingerprint density at radius 1 is 1.35 bits per heavy atom. The second kappa shape index (κ2) is 8.34. The maximum absolute atomic E-state index is 5.54. The van der Waals surface area contributed by atoms with E-state index >= 15 is 0 Å². The van der Waals surface area contributed by atoms with Crippen molar-refractivity contribution in [3.63, 3.8) is 0 Å². The molecule has 0 heterocycles. The summed E-state index contributed by atoms with van der Waals surface area (Å²) < 4.78 is 0. The molecule has 17 heavy (non-hydrogen) atoms. The van der Waals surface area contributed by atoms with Crippen LogP contribution in [-0.4, -0.2) is 31.0 Å². The molecule has 0 aromatic rings. The van der Waals surface area contributed by atoms with Gasteiger partial charge in [-0.05, 0) is 25.2 Å². The predicted octanol–water partition coefficient (Wildman–Crippen LogP) is 2.12. The fourth-order valence-corrected chi connectivity index (χ4v) is 2.46. The Labute approximate surface area is 106 Å². The number of hydrazine groups is 1. The zero-order chi connectivity index (χ0) is 12.5. The molecule has 3 N–H and O–H groups in total. The van der Waals surface area contributed by atoms with Crippen LogP contribution in [0, 0.1) is 5.92 Å². The minimum atomic E-state index is 0.818. The van der Waals surface area contributed by atoms with Crippen LogP contribution < -0.4 is 11.3 Å². The van der Waals surface area contributed by atoms with Gasteiger partial charge in [-0.15, -0.1) is 0 Å². The summed E-state index contributed by atoms with van der Waals surface area (Å²) in [5.74, 6) is 7.19. The van der Waals surface area contributed by atoms with Crippen LogP contribution in [0.5, 0.6) is 0 Å². The van der Waals surface area contributed by atoms with Crippen LogP contribution in [-0.2, 0) is 0 Å². The molecular weight excluding hydrogens is 212 g/mol. The van der Waals surface area contributed by atoms with Crippen molar-refractivity contribution in [2.24, 2.45) is 16.8 Å². The Morgan fingerprint density at radius 2 is 2.06 bits per heavy atom. The summed E-state index contributed by atoms with van der Waals surface area (Å²) in [6.45, 7) is 4.12. The van der Waals surface area contributed by atoms with Crippen molar-refractivity contribution < 1.29 is 0 Å². The van der Waals surface area contributed by atoms with E-state index in [2.05, 4.69) is 29.3 Å². The Hall–Kier alpha value is -0.770. The maximum atomic E-state index is 5.54. The van der Waals surface area contributed by atoms with E-state index in [0.29, 0.717) is 0 Å². The van der Waals surface area contributed by atoms with Gasteiger partial charge in [0, 0.05) is 20.1 Å². The van der Waals surface area contributed by atoms with Gasteiger partial charge in [0.05, 0.1) is 0 Å². The van der Waals surface area contributed by atoms with Crippen molar-refractivity contribution in [1.29, 1.82) is 0 Å². The van der Waals surface area contributed by atoms with E-state index in [4.69, 9.17) is 5.84 Å². The summed E-state index contributed by atoms with van der Waals surface area (Å²) in [6, 6.07) is 0. The molecular formula is C13H28N4. The van der Waals surface area contributed by atoms with E-state index in [-0.39, 0.29) is 0 Å². The zero-order valence-corrected chi connectivity index (χ0v) is 11.4. The largest absolute Gasteiger partial charge is 0.345 e. The molecule has 1 rings (SSSR count). The molecule has 0 aromatic carbocycles. The van der Waals surface area contributed by atoms with Crippen LogP contribution in [0.1, 0.15) is 51.9 Å². The summed E-state index contributed by atoms with van der Waals surface area (Å²) in [7, 11) is 2.08. The molecule has 0 spiro atoms. The first-order valence-corrected chi connectivity index (χ1v) is 7.00. The lowest BCUT2D eigenvalue weighted by Gasteiger charge is -2.28. The highest BCUT2D eigenvalue weighted by Gasteiger charge is 2.16. The Bertz CT molecular complexity index is 221. The molecule has 0 saturated heterocycles. The van der Waals surface area contributed by atoms with Gasteiger partial charge < -0.3 is 4.90 Å². The second-order valence-electron chi connectivity index (χ2n) is 5.09. The molecule has 4 heteroatoms. The molecule has 0 aliphatic heterocycles. The molecule has 0 radical (unpaired) electrons. The van der Waals surface area contributed by atoms with Crippen molar-refractivity contribution in [2.75, 3.05) is 20.1 Å². The van der Waals surface area contributed by atoms with Crippen molar-refractivity contribution in [3.05, 3.63) is 0 Å². The number of unbranched alkanes of at least 4 members (excludes halogenated alkanes) is 1. The average molecular weight is 240 g/mol. The third-order valence-electron chi connectivity index (χ3n) is 3.52. The van der Waals surface area contributed by atoms with Gasteiger partial charge in [-0.2, -0.15) is 0 Å². The highest BCUT2D eigenvalue weighted by atomic mass is 15.4. The van der Waals surface area contributed by atoms with Crippen molar-refractivity contribution >= 4 is 5.96 Å². The Morgan fingerprint density at radius 3 is 2.65 bits per heavy atom. The van der Waals surface area contributed by atoms with Crippen LogP contribution in [0.25, 0.3) is 0 Å². The lowest BCUT2D eigenvalue weighted by atomic mass is 9.89. The average Bonchev–Trinajstić information content (AvgIpc) is 2.36. The first-order chi connectivity index (χ1) is 8.27. The highest BCUT2D eigenvalue weighted by Crippen LogP contribution is 2.23. The van der Waals surface area contributed by atoms with E-state index in [9.17, 15) is 0 Å². The van der Waals surface area contributed by atoms with E-state index < -0.39 is 0 Å². The summed E-state index contributed by atoms with van der Waals surface area (Å²) >= 11 is 0. The molecule has 1 fully saturated rings. The molecule has 4 nitrogen and oxygen atoms in total. The van der Waals surface area contributed by atoms with Gasteiger partial charge in [0.2, 0.25) is 5.96 Å². The summed E-state index contributed by atoms with van der Waals surface area (Å²) in [6.07, 6.45) is 9.20. The number of hydrogen-bond donors (Lipinski definition) is 2. The van der Waals surface area contributed by atoms with Crippen LogP contribution in [0.4, 0.5) is 0 Å². The molecule has 1 aliphatic rings. The molecule has 1 aliphatic carbocycles. The lowest BCUT2D eigenvalue weighted by molar-refractivity contribution is 0.292. The Kier molecular flexibility index (Phi) is 7.01. The van der Waals surface area contributed by atoms with Gasteiger partial charge in [-0.1, -0.05) is 32.6 Å². The topological polar surface area (TPSA) is 53.6 Å². The van der Waals surface area contributed by atoms with Crippen LogP contribution in [0.15, 0.2) is 4.99 Å². The van der Waals surface area contributed by atoms with Crippen molar-refractivity contribution in [2.45, 2.75) is 51.9 Å². The number of nitrogens with two attached hydrogens (primary N) is 1. The minimum absolute atomic E-state index is 0.818. The number of rotatable bonds is 5. The standard InChI is InChI=1S/C13H28N4/c1-3-4-10-15-13(16-14)17(2)11-12-8-6-5-7-9-12/h12H,3-11,14H2,1-2H3,(H,15,16). The number of aliphatic imine (C=N–C) groups is 1. The number of hydrogen-bond acceptors (Lipinski definition) is 2. The fourth-order valence-electron chi connectivity index (χ4n) is 2.46. The monoisotopic (exact) mass is 240 g/mol. The first kappa shape index (κ1) is 14.3. The summed E-state index contributed by atoms with van der Waals surface area (Å²) in [4.78, 5) is 6.68. The normalized spacial score (nSPS) is 18.2. The van der Waals surface area contributed by atoms with Gasteiger partial charge >= 0.3 is 0 Å². The molecule has 0 bridgehead atoms. The third-order valence-corrected chi connectivity index (χ3v) is 3.52. The first-order valence-electron chi connectivity index (χ1n) is 7.00. The van der Waals surface area contributed by atoms with Crippen LogP contribution in [0.2, 0.25) is 0 Å². The molecule has 0 amide bonds. The maximum Gasteiger partial charge on any atom is 0.208 e. The Balaban J connectivity index is 2.36. The van der Waals surface area contributed by atoms with E-state index in [1.54, 1.807) is 0 Å². The van der Waals surface area contributed by atoms with Gasteiger partial charge in [0.25, 0.3) is 0 Å². The molecule has 0 unspecified atom stereocenters. The van der Waals surface area contributed by atoms with E-state index in [1.165, 1.54) is 38.5 Å². The van der Waals surface area contributed by atoms with Crippen LogP contribution >= 0.6 is 0 Å². The van der Waals surface area contributed by atoms with E-state index in [1.807, 2.05) is 0 Å². The molecule has 0 aromatic heterocycles. The molecule has 0 atom stereocenters. The minimum Gasteiger partial charge on any atom is -0.345 e. The third kappa shape index (κ3) is 5.39. The van der Waals surface area contributed by atoms with Gasteiger partial charge in [0.15, 0.2) is 0 Å². The zero-order valence-electron chi connectivity index (χ0n) is 11.4. The van der Waals surface area contributed by atoms with E-state index in [0.717, 1.165) is 31.4 Å². The highest BCUT2D eigenvalue weighted by molar-refractivity contribution is 5.79. The molecule has 1 saturated carbocycles. The SMILES string of the molecule is CCCCN=C(NN)N(C)CC1CCCCC1. The predicted molar refractivity (Wildman–Crippen MR) is 73.7 cm³/mol. The van der Waals surface area contributed by atoms with Gasteiger partial charge in [-0.3, -0.25) is 10.4 Å². The quantitative estimate of drug-likeness (QED) is 0.254. The van der Waals surface area contributed by atoms with Crippen molar-refractivity contribution in [1.82, 2.24) is 10.3 Å².